The zero-order chi connectivity index (χ0) is 17.8. The fourth-order valence-electron chi connectivity index (χ4n) is 2.95. The first-order valence-electron chi connectivity index (χ1n) is 8.16. The van der Waals surface area contributed by atoms with Crippen LogP contribution in [-0.4, -0.2) is 29.1 Å². The van der Waals surface area contributed by atoms with E-state index in [0.29, 0.717) is 17.1 Å². The standard InChI is InChI=1S/C19H20FNO3S/c1-25(23)16-10-6-14(7-11-16)19(22)21-18(17-3-2-12-24-17)13-4-8-15(20)9-5-13/h4-11,17-18H,2-3,12H2,1H3,(H,21,22)/t17-,18-,25+/m0/s1. The van der Waals surface area contributed by atoms with Crippen molar-refractivity contribution in [1.29, 1.82) is 0 Å². The second-order valence-electron chi connectivity index (χ2n) is 6.03. The summed E-state index contributed by atoms with van der Waals surface area (Å²) >= 11 is 0. The lowest BCUT2D eigenvalue weighted by molar-refractivity contribution is 0.0672. The molecule has 4 nitrogen and oxygen atoms in total. The van der Waals surface area contributed by atoms with Gasteiger partial charge in [-0.25, -0.2) is 4.39 Å². The first-order chi connectivity index (χ1) is 12.0. The van der Waals surface area contributed by atoms with Gasteiger partial charge in [0.1, 0.15) is 5.82 Å². The summed E-state index contributed by atoms with van der Waals surface area (Å²) in [7, 11) is -1.08. The van der Waals surface area contributed by atoms with Crippen LogP contribution >= 0.6 is 0 Å². The molecule has 0 aromatic heterocycles. The first-order valence-corrected chi connectivity index (χ1v) is 9.72. The molecule has 1 aliphatic heterocycles. The van der Waals surface area contributed by atoms with Crippen molar-refractivity contribution in [2.24, 2.45) is 0 Å². The smallest absolute Gasteiger partial charge is 0.251 e. The van der Waals surface area contributed by atoms with Crippen LogP contribution < -0.4 is 5.32 Å². The summed E-state index contributed by atoms with van der Waals surface area (Å²) in [5, 5.41) is 3.00. The van der Waals surface area contributed by atoms with E-state index in [1.54, 1.807) is 42.7 Å². The van der Waals surface area contributed by atoms with E-state index in [0.717, 1.165) is 18.4 Å². The Morgan fingerprint density at radius 3 is 2.44 bits per heavy atom. The summed E-state index contributed by atoms with van der Waals surface area (Å²) < 4.78 is 30.4. The van der Waals surface area contributed by atoms with Crippen molar-refractivity contribution in [3.63, 3.8) is 0 Å². The van der Waals surface area contributed by atoms with Gasteiger partial charge >= 0.3 is 0 Å². The Hall–Kier alpha value is -2.05. The lowest BCUT2D eigenvalue weighted by Gasteiger charge is -2.25. The van der Waals surface area contributed by atoms with Crippen LogP contribution in [0.25, 0.3) is 0 Å². The van der Waals surface area contributed by atoms with Crippen molar-refractivity contribution in [3.05, 3.63) is 65.5 Å². The van der Waals surface area contributed by atoms with E-state index in [-0.39, 0.29) is 23.9 Å². The fourth-order valence-corrected chi connectivity index (χ4v) is 3.47. The summed E-state index contributed by atoms with van der Waals surface area (Å²) in [6.07, 6.45) is 3.25. The Morgan fingerprint density at radius 2 is 1.88 bits per heavy atom. The van der Waals surface area contributed by atoms with Crippen LogP contribution in [0.1, 0.15) is 34.8 Å². The van der Waals surface area contributed by atoms with Gasteiger partial charge in [0.05, 0.1) is 12.1 Å². The van der Waals surface area contributed by atoms with Crippen molar-refractivity contribution in [3.8, 4) is 0 Å². The van der Waals surface area contributed by atoms with Crippen LogP contribution in [0.15, 0.2) is 53.4 Å². The quantitative estimate of drug-likeness (QED) is 0.890. The first kappa shape index (κ1) is 17.8. The molecule has 3 atom stereocenters. The van der Waals surface area contributed by atoms with Crippen molar-refractivity contribution >= 4 is 16.7 Å². The summed E-state index contributed by atoms with van der Waals surface area (Å²) in [4.78, 5) is 13.3. The van der Waals surface area contributed by atoms with Crippen molar-refractivity contribution in [1.82, 2.24) is 5.32 Å². The van der Waals surface area contributed by atoms with Gasteiger partial charge in [-0.15, -0.1) is 0 Å². The van der Waals surface area contributed by atoms with E-state index in [4.69, 9.17) is 4.74 Å². The van der Waals surface area contributed by atoms with E-state index in [9.17, 15) is 13.4 Å². The van der Waals surface area contributed by atoms with Crippen molar-refractivity contribution in [2.75, 3.05) is 12.9 Å². The molecule has 1 aliphatic rings. The molecule has 132 valence electrons. The van der Waals surface area contributed by atoms with Crippen LogP contribution in [-0.2, 0) is 15.5 Å². The molecule has 3 rings (SSSR count). The second-order valence-corrected chi connectivity index (χ2v) is 7.41. The van der Waals surface area contributed by atoms with E-state index in [1.807, 2.05) is 0 Å². The highest BCUT2D eigenvalue weighted by atomic mass is 32.2. The van der Waals surface area contributed by atoms with Gasteiger partial charge in [-0.1, -0.05) is 12.1 Å². The average Bonchev–Trinajstić information content (AvgIpc) is 3.15. The normalized spacial score (nSPS) is 19.4. The molecule has 1 N–H and O–H groups in total. The van der Waals surface area contributed by atoms with Gasteiger partial charge in [0.15, 0.2) is 0 Å². The number of ether oxygens (including phenoxy) is 1. The van der Waals surface area contributed by atoms with Crippen LogP contribution in [0.3, 0.4) is 0 Å². The molecule has 0 aliphatic carbocycles. The number of carbonyl (C=O) groups is 1. The van der Waals surface area contributed by atoms with E-state index in [1.165, 1.54) is 12.1 Å². The molecule has 1 heterocycles. The molecule has 0 spiro atoms. The molecule has 6 heteroatoms. The topological polar surface area (TPSA) is 55.4 Å². The number of halogens is 1. The predicted octanol–water partition coefficient (Wildman–Crippen LogP) is 3.21. The zero-order valence-electron chi connectivity index (χ0n) is 13.9. The highest BCUT2D eigenvalue weighted by Crippen LogP contribution is 2.27. The van der Waals surface area contributed by atoms with E-state index >= 15 is 0 Å². The molecule has 0 radical (unpaired) electrons. The SMILES string of the molecule is C[S@@](=O)c1ccc(C(=O)N[C@@H](c2ccc(F)cc2)[C@@H]2CCCO2)cc1. The zero-order valence-corrected chi connectivity index (χ0v) is 14.7. The van der Waals surface area contributed by atoms with Gasteiger partial charge < -0.3 is 10.1 Å². The Morgan fingerprint density at radius 1 is 1.20 bits per heavy atom. The van der Waals surface area contributed by atoms with Gasteiger partial charge in [-0.05, 0) is 54.8 Å². The molecule has 25 heavy (non-hydrogen) atoms. The lowest BCUT2D eigenvalue weighted by Crippen LogP contribution is -2.36. The van der Waals surface area contributed by atoms with Crippen molar-refractivity contribution < 1.29 is 18.1 Å². The van der Waals surface area contributed by atoms with Crippen LogP contribution in [0.5, 0.6) is 0 Å². The van der Waals surface area contributed by atoms with Gasteiger partial charge in [0, 0.05) is 34.1 Å². The highest BCUT2D eigenvalue weighted by Gasteiger charge is 2.29. The molecule has 1 saturated heterocycles. The number of hydrogen-bond acceptors (Lipinski definition) is 3. The summed E-state index contributed by atoms with van der Waals surface area (Å²) in [6, 6.07) is 12.5. The Bertz CT molecular complexity index is 755. The number of hydrogen-bond donors (Lipinski definition) is 1. The molecule has 0 unspecified atom stereocenters. The summed E-state index contributed by atoms with van der Waals surface area (Å²) in [5.74, 6) is -0.553. The minimum atomic E-state index is -1.08. The molecule has 0 bridgehead atoms. The highest BCUT2D eigenvalue weighted by molar-refractivity contribution is 7.84. The molecule has 2 aromatic rings. The Balaban J connectivity index is 1.80. The summed E-state index contributed by atoms with van der Waals surface area (Å²) in [5.41, 5.74) is 1.30. The van der Waals surface area contributed by atoms with Gasteiger partial charge in [0.2, 0.25) is 0 Å². The Kier molecular flexibility index (Phi) is 5.60. The number of carbonyl (C=O) groups excluding carboxylic acids is 1. The van der Waals surface area contributed by atoms with Crippen molar-refractivity contribution in [2.45, 2.75) is 29.9 Å². The number of benzene rings is 2. The van der Waals surface area contributed by atoms with Gasteiger partial charge in [-0.3, -0.25) is 9.00 Å². The third-order valence-corrected chi connectivity index (χ3v) is 5.24. The molecular formula is C19H20FNO3S. The molecule has 1 fully saturated rings. The second kappa shape index (κ2) is 7.89. The average molecular weight is 361 g/mol. The maximum atomic E-state index is 13.2. The Labute approximate surface area is 148 Å². The molecule has 1 amide bonds. The molecular weight excluding hydrogens is 341 g/mol. The third-order valence-electron chi connectivity index (χ3n) is 4.30. The van der Waals surface area contributed by atoms with Crippen LogP contribution in [0.2, 0.25) is 0 Å². The minimum Gasteiger partial charge on any atom is -0.376 e. The molecule has 0 saturated carbocycles. The lowest BCUT2D eigenvalue weighted by atomic mass is 9.98. The van der Waals surface area contributed by atoms with E-state index < -0.39 is 10.8 Å². The predicted molar refractivity (Wildman–Crippen MR) is 94.4 cm³/mol. The largest absolute Gasteiger partial charge is 0.376 e. The minimum absolute atomic E-state index is 0.128. The van der Waals surface area contributed by atoms with Crippen LogP contribution in [0.4, 0.5) is 4.39 Å². The van der Waals surface area contributed by atoms with E-state index in [2.05, 4.69) is 5.32 Å². The maximum absolute atomic E-state index is 13.2. The number of rotatable bonds is 5. The number of nitrogens with one attached hydrogen (secondary N) is 1. The summed E-state index contributed by atoms with van der Waals surface area (Å²) in [6.45, 7) is 0.662. The van der Waals surface area contributed by atoms with Crippen LogP contribution in [0, 0.1) is 5.82 Å². The number of amides is 1. The maximum Gasteiger partial charge on any atom is 0.251 e. The van der Waals surface area contributed by atoms with Gasteiger partial charge in [0.25, 0.3) is 5.91 Å². The monoisotopic (exact) mass is 361 g/mol. The third kappa shape index (κ3) is 4.32. The molecule has 2 aromatic carbocycles. The fraction of sp³-hybridized carbons (Fsp3) is 0.316. The van der Waals surface area contributed by atoms with Gasteiger partial charge in [-0.2, -0.15) is 0 Å².